The van der Waals surface area contributed by atoms with Crippen LogP contribution in [0, 0.1) is 5.92 Å². The molecule has 2 heteroatoms. The highest BCUT2D eigenvalue weighted by molar-refractivity contribution is 5.85. The molecule has 0 bridgehead atoms. The molecule has 86 valence electrons. The molecule has 1 atom stereocenters. The fraction of sp³-hybridized carbons (Fsp3) is 0.769. The molecule has 0 aromatic heterocycles. The first-order valence-electron chi connectivity index (χ1n) is 5.85. The van der Waals surface area contributed by atoms with Gasteiger partial charge in [-0.05, 0) is 25.7 Å². The van der Waals surface area contributed by atoms with E-state index in [4.69, 9.17) is 4.74 Å². The van der Waals surface area contributed by atoms with E-state index in [2.05, 4.69) is 6.58 Å². The van der Waals surface area contributed by atoms with E-state index >= 15 is 0 Å². The molecule has 1 unspecified atom stereocenters. The topological polar surface area (TPSA) is 26.3 Å². The number of ketones is 1. The Balaban J connectivity index is 2.52. The van der Waals surface area contributed by atoms with Crippen molar-refractivity contribution in [3.63, 3.8) is 0 Å². The van der Waals surface area contributed by atoms with Crippen molar-refractivity contribution in [3.8, 4) is 0 Å². The molecule has 1 fully saturated rings. The highest BCUT2D eigenvalue weighted by atomic mass is 16.5. The maximum Gasteiger partial charge on any atom is 0.165 e. The number of carbonyl (C=O) groups is 1. The van der Waals surface area contributed by atoms with Crippen LogP contribution >= 0.6 is 0 Å². The summed E-state index contributed by atoms with van der Waals surface area (Å²) in [5.41, 5.74) is 0.929. The predicted molar refractivity (Wildman–Crippen MR) is 61.8 cm³/mol. The van der Waals surface area contributed by atoms with Gasteiger partial charge in [0.05, 0.1) is 0 Å². The molecule has 1 rings (SSSR count). The van der Waals surface area contributed by atoms with Crippen molar-refractivity contribution in [1.82, 2.24) is 0 Å². The highest BCUT2D eigenvalue weighted by Crippen LogP contribution is 2.28. The summed E-state index contributed by atoms with van der Waals surface area (Å²) in [4.78, 5) is 11.9. The van der Waals surface area contributed by atoms with E-state index in [1.165, 1.54) is 19.3 Å². The van der Waals surface area contributed by atoms with Crippen molar-refractivity contribution in [2.75, 3.05) is 7.11 Å². The van der Waals surface area contributed by atoms with Crippen molar-refractivity contribution in [1.29, 1.82) is 0 Å². The Bertz CT molecular complexity index is 227. The summed E-state index contributed by atoms with van der Waals surface area (Å²) in [7, 11) is 1.65. The summed E-state index contributed by atoms with van der Waals surface area (Å²) in [6, 6.07) is 0. The highest BCUT2D eigenvalue weighted by Gasteiger charge is 2.28. The standard InChI is InChI=1S/C13H22O2/c1-10(2)9-12(14)13(15-3)11-7-5-4-6-8-11/h11,13H,1,4-9H2,2-3H3. The zero-order valence-corrected chi connectivity index (χ0v) is 9.92. The largest absolute Gasteiger partial charge is 0.373 e. The first kappa shape index (κ1) is 12.4. The first-order valence-corrected chi connectivity index (χ1v) is 5.85. The van der Waals surface area contributed by atoms with Crippen LogP contribution in [-0.4, -0.2) is 19.0 Å². The lowest BCUT2D eigenvalue weighted by molar-refractivity contribution is -0.132. The molecular formula is C13H22O2. The zero-order chi connectivity index (χ0) is 11.3. The second kappa shape index (κ2) is 6.06. The van der Waals surface area contributed by atoms with Crippen molar-refractivity contribution in [2.45, 2.75) is 51.6 Å². The molecule has 1 aliphatic carbocycles. The van der Waals surface area contributed by atoms with Crippen LogP contribution in [0.15, 0.2) is 12.2 Å². The van der Waals surface area contributed by atoms with Crippen molar-refractivity contribution < 1.29 is 9.53 Å². The average molecular weight is 210 g/mol. The molecule has 0 heterocycles. The Morgan fingerprint density at radius 3 is 2.47 bits per heavy atom. The third kappa shape index (κ3) is 3.78. The minimum atomic E-state index is -0.193. The van der Waals surface area contributed by atoms with Gasteiger partial charge >= 0.3 is 0 Å². The lowest BCUT2D eigenvalue weighted by Gasteiger charge is -2.28. The lowest BCUT2D eigenvalue weighted by atomic mass is 9.83. The normalized spacial score (nSPS) is 19.9. The average Bonchev–Trinajstić information content (AvgIpc) is 2.19. The molecule has 15 heavy (non-hydrogen) atoms. The fourth-order valence-electron chi connectivity index (χ4n) is 2.42. The van der Waals surface area contributed by atoms with Gasteiger partial charge in [0.2, 0.25) is 0 Å². The van der Waals surface area contributed by atoms with Gasteiger partial charge in [-0.2, -0.15) is 0 Å². The van der Waals surface area contributed by atoms with Gasteiger partial charge in [-0.1, -0.05) is 31.4 Å². The van der Waals surface area contributed by atoms with Gasteiger partial charge in [-0.15, -0.1) is 0 Å². The van der Waals surface area contributed by atoms with Crippen molar-refractivity contribution in [2.24, 2.45) is 5.92 Å². The van der Waals surface area contributed by atoms with E-state index in [0.29, 0.717) is 12.3 Å². The second-order valence-corrected chi connectivity index (χ2v) is 4.65. The Labute approximate surface area is 92.7 Å². The number of methoxy groups -OCH3 is 1. The maximum absolute atomic E-state index is 11.9. The monoisotopic (exact) mass is 210 g/mol. The molecule has 0 aromatic carbocycles. The molecule has 0 amide bonds. The van der Waals surface area contributed by atoms with E-state index in [0.717, 1.165) is 18.4 Å². The number of carbonyl (C=O) groups excluding carboxylic acids is 1. The van der Waals surface area contributed by atoms with Crippen LogP contribution in [-0.2, 0) is 9.53 Å². The first-order chi connectivity index (χ1) is 7.15. The summed E-state index contributed by atoms with van der Waals surface area (Å²) in [6.45, 7) is 5.67. The van der Waals surface area contributed by atoms with Crippen molar-refractivity contribution >= 4 is 5.78 Å². The second-order valence-electron chi connectivity index (χ2n) is 4.65. The number of ether oxygens (including phenoxy) is 1. The van der Waals surface area contributed by atoms with Gasteiger partial charge in [-0.25, -0.2) is 0 Å². The molecule has 0 N–H and O–H groups in total. The molecule has 1 aliphatic rings. The third-order valence-electron chi connectivity index (χ3n) is 3.13. The van der Waals surface area contributed by atoms with Crippen molar-refractivity contribution in [3.05, 3.63) is 12.2 Å². The van der Waals surface area contributed by atoms with E-state index in [9.17, 15) is 4.79 Å². The molecule has 0 saturated heterocycles. The summed E-state index contributed by atoms with van der Waals surface area (Å²) in [6.07, 6.45) is 6.34. The predicted octanol–water partition coefficient (Wildman–Crippen LogP) is 3.12. The van der Waals surface area contributed by atoms with Gasteiger partial charge in [0.15, 0.2) is 5.78 Å². The van der Waals surface area contributed by atoms with Gasteiger partial charge in [0.1, 0.15) is 6.10 Å². The Morgan fingerprint density at radius 1 is 1.40 bits per heavy atom. The van der Waals surface area contributed by atoms with E-state index in [1.54, 1.807) is 7.11 Å². The Kier molecular flexibility index (Phi) is 5.03. The van der Waals surface area contributed by atoms with Crippen LogP contribution in [0.1, 0.15) is 45.4 Å². The SMILES string of the molecule is C=C(C)CC(=O)C(OC)C1CCCCC1. The molecule has 0 aromatic rings. The molecule has 0 aliphatic heterocycles. The smallest absolute Gasteiger partial charge is 0.165 e. The molecule has 1 saturated carbocycles. The maximum atomic E-state index is 11.9. The van der Waals surface area contributed by atoms with Crippen LogP contribution in [0.2, 0.25) is 0 Å². The molecule has 2 nitrogen and oxygen atoms in total. The fourth-order valence-corrected chi connectivity index (χ4v) is 2.42. The van der Waals surface area contributed by atoms with E-state index < -0.39 is 0 Å². The number of Topliss-reactive ketones (excluding diaryl/α,β-unsaturated/α-hetero) is 1. The quantitative estimate of drug-likeness (QED) is 0.652. The summed E-state index contributed by atoms with van der Waals surface area (Å²) in [5.74, 6) is 0.646. The Hall–Kier alpha value is -0.630. The van der Waals surface area contributed by atoms with Gasteiger partial charge < -0.3 is 4.74 Å². The van der Waals surface area contributed by atoms with Gasteiger partial charge in [-0.3, -0.25) is 4.79 Å². The number of allylic oxidation sites excluding steroid dienone is 1. The molecule has 0 radical (unpaired) electrons. The minimum Gasteiger partial charge on any atom is -0.373 e. The summed E-state index contributed by atoms with van der Waals surface area (Å²) in [5, 5.41) is 0. The minimum absolute atomic E-state index is 0.193. The number of hydrogen-bond acceptors (Lipinski definition) is 2. The van der Waals surface area contributed by atoms with E-state index in [-0.39, 0.29) is 11.9 Å². The summed E-state index contributed by atoms with van der Waals surface area (Å²) >= 11 is 0. The number of hydrogen-bond donors (Lipinski definition) is 0. The molecular weight excluding hydrogens is 188 g/mol. The van der Waals surface area contributed by atoms with E-state index in [1.807, 2.05) is 6.92 Å². The lowest BCUT2D eigenvalue weighted by Crippen LogP contribution is -2.33. The number of rotatable bonds is 5. The van der Waals surface area contributed by atoms with Crippen LogP contribution < -0.4 is 0 Å². The summed E-state index contributed by atoms with van der Waals surface area (Å²) < 4.78 is 5.36. The van der Waals surface area contributed by atoms with Crippen LogP contribution in [0.25, 0.3) is 0 Å². The van der Waals surface area contributed by atoms with Crippen LogP contribution in [0.5, 0.6) is 0 Å². The van der Waals surface area contributed by atoms with Crippen LogP contribution in [0.4, 0.5) is 0 Å². The molecule has 0 spiro atoms. The third-order valence-corrected chi connectivity index (χ3v) is 3.13. The van der Waals surface area contributed by atoms with Crippen LogP contribution in [0.3, 0.4) is 0 Å². The zero-order valence-electron chi connectivity index (χ0n) is 9.92. The van der Waals surface area contributed by atoms with Gasteiger partial charge in [0, 0.05) is 13.5 Å². The Morgan fingerprint density at radius 2 is 2.00 bits per heavy atom. The van der Waals surface area contributed by atoms with Gasteiger partial charge in [0.25, 0.3) is 0 Å².